The first-order valence-corrected chi connectivity index (χ1v) is 7.84. The zero-order valence-electron chi connectivity index (χ0n) is 13.0. The van der Waals surface area contributed by atoms with E-state index in [1.165, 1.54) is 0 Å². The average Bonchev–Trinajstić information content (AvgIpc) is 2.48. The number of halogens is 1. The predicted octanol–water partition coefficient (Wildman–Crippen LogP) is 4.45. The van der Waals surface area contributed by atoms with Crippen molar-refractivity contribution in [3.8, 4) is 0 Å². The van der Waals surface area contributed by atoms with Gasteiger partial charge in [0.05, 0.1) is 16.2 Å². The number of benzene rings is 1. The molecule has 1 aromatic carbocycles. The first kappa shape index (κ1) is 16.1. The Hall–Kier alpha value is -1.32. The van der Waals surface area contributed by atoms with Crippen molar-refractivity contribution in [3.63, 3.8) is 0 Å². The van der Waals surface area contributed by atoms with Crippen LogP contribution in [-0.2, 0) is 0 Å². The Balaban J connectivity index is 2.31. The van der Waals surface area contributed by atoms with Gasteiger partial charge in [0.25, 0.3) is 0 Å². The summed E-state index contributed by atoms with van der Waals surface area (Å²) < 4.78 is 0. The van der Waals surface area contributed by atoms with E-state index in [0.29, 0.717) is 12.5 Å². The van der Waals surface area contributed by atoms with Crippen molar-refractivity contribution < 1.29 is 0 Å². The first-order chi connectivity index (χ1) is 9.95. The summed E-state index contributed by atoms with van der Waals surface area (Å²) in [5.41, 5.74) is 7.76. The number of rotatable bonds is 6. The van der Waals surface area contributed by atoms with Gasteiger partial charge in [-0.15, -0.1) is 0 Å². The number of nitrogens with one attached hydrogen (secondary N) is 1. The fraction of sp³-hybridized carbons (Fsp3) is 0.471. The van der Waals surface area contributed by atoms with Gasteiger partial charge in [0.2, 0.25) is 0 Å². The summed E-state index contributed by atoms with van der Waals surface area (Å²) >= 11 is 6.24. The molecule has 0 radical (unpaired) electrons. The van der Waals surface area contributed by atoms with E-state index in [1.54, 1.807) is 6.20 Å². The van der Waals surface area contributed by atoms with Gasteiger partial charge in [0.1, 0.15) is 0 Å². The fourth-order valence-corrected chi connectivity index (χ4v) is 2.60. The third-order valence-corrected chi connectivity index (χ3v) is 4.21. The number of nitrogens with two attached hydrogens (primary N) is 1. The summed E-state index contributed by atoms with van der Waals surface area (Å²) in [5, 5.41) is 5.27. The molecule has 0 aliphatic rings. The highest BCUT2D eigenvalue weighted by molar-refractivity contribution is 6.35. The van der Waals surface area contributed by atoms with Crippen molar-refractivity contribution in [2.45, 2.75) is 39.2 Å². The topological polar surface area (TPSA) is 50.9 Å². The molecule has 1 unspecified atom stereocenters. The van der Waals surface area contributed by atoms with Gasteiger partial charge < -0.3 is 11.1 Å². The number of aromatic nitrogens is 1. The Morgan fingerprint density at radius 1 is 1.33 bits per heavy atom. The Kier molecular flexibility index (Phi) is 5.07. The van der Waals surface area contributed by atoms with E-state index in [9.17, 15) is 0 Å². The molecule has 2 rings (SSSR count). The Labute approximate surface area is 131 Å². The second kappa shape index (κ2) is 6.63. The lowest BCUT2D eigenvalue weighted by atomic mass is 9.91. The van der Waals surface area contributed by atoms with E-state index in [-0.39, 0.29) is 5.54 Å². The van der Waals surface area contributed by atoms with E-state index in [1.807, 2.05) is 24.3 Å². The first-order valence-electron chi connectivity index (χ1n) is 7.47. The molecule has 1 aromatic heterocycles. The maximum atomic E-state index is 6.24. The van der Waals surface area contributed by atoms with Crippen LogP contribution in [0.1, 0.15) is 33.6 Å². The molecule has 0 amide bonds. The van der Waals surface area contributed by atoms with E-state index in [0.717, 1.165) is 34.5 Å². The Morgan fingerprint density at radius 3 is 2.76 bits per heavy atom. The molecule has 114 valence electrons. The van der Waals surface area contributed by atoms with Gasteiger partial charge >= 0.3 is 0 Å². The molecule has 0 saturated heterocycles. The third kappa shape index (κ3) is 3.86. The Morgan fingerprint density at radius 2 is 2.10 bits per heavy atom. The average molecular weight is 306 g/mol. The van der Waals surface area contributed by atoms with Gasteiger partial charge in [-0.25, -0.2) is 0 Å². The number of nitrogens with zero attached hydrogens (tertiary/aromatic N) is 1. The maximum Gasteiger partial charge on any atom is 0.0948 e. The van der Waals surface area contributed by atoms with Crippen molar-refractivity contribution >= 4 is 28.2 Å². The minimum atomic E-state index is -0.136. The van der Waals surface area contributed by atoms with Crippen LogP contribution in [0.3, 0.4) is 0 Å². The highest BCUT2D eigenvalue weighted by atomic mass is 35.5. The standard InChI is InChI=1S/C17H24ClN3/c1-12(2)8-9-17(3,11-19)21-15-7-6-14(18)13-5-4-10-20-16(13)15/h4-7,10,12,21H,8-9,11,19H2,1-3H3. The highest BCUT2D eigenvalue weighted by Crippen LogP contribution is 2.30. The lowest BCUT2D eigenvalue weighted by molar-refractivity contribution is 0.421. The number of hydrogen-bond acceptors (Lipinski definition) is 3. The van der Waals surface area contributed by atoms with Crippen LogP contribution < -0.4 is 11.1 Å². The van der Waals surface area contributed by atoms with E-state index < -0.39 is 0 Å². The summed E-state index contributed by atoms with van der Waals surface area (Å²) in [5.74, 6) is 0.665. The van der Waals surface area contributed by atoms with Gasteiger partial charge in [-0.1, -0.05) is 25.4 Å². The molecule has 1 atom stereocenters. The quantitative estimate of drug-likeness (QED) is 0.828. The van der Waals surface area contributed by atoms with Crippen molar-refractivity contribution in [2.24, 2.45) is 11.7 Å². The van der Waals surface area contributed by atoms with Gasteiger partial charge in [0, 0.05) is 23.7 Å². The lowest BCUT2D eigenvalue weighted by Gasteiger charge is -2.31. The van der Waals surface area contributed by atoms with Crippen LogP contribution >= 0.6 is 11.6 Å². The second-order valence-electron chi connectivity index (χ2n) is 6.32. The molecule has 0 aliphatic heterocycles. The molecule has 0 saturated carbocycles. The summed E-state index contributed by atoms with van der Waals surface area (Å²) in [6.45, 7) is 7.21. The minimum Gasteiger partial charge on any atom is -0.377 e. The molecule has 0 spiro atoms. The summed E-state index contributed by atoms with van der Waals surface area (Å²) in [4.78, 5) is 4.47. The van der Waals surface area contributed by atoms with Gasteiger partial charge in [-0.2, -0.15) is 0 Å². The van der Waals surface area contributed by atoms with E-state index >= 15 is 0 Å². The van der Waals surface area contributed by atoms with E-state index in [2.05, 4.69) is 31.1 Å². The molecular weight excluding hydrogens is 282 g/mol. The minimum absolute atomic E-state index is 0.136. The molecule has 0 fully saturated rings. The molecule has 4 heteroatoms. The van der Waals surface area contributed by atoms with Gasteiger partial charge in [0.15, 0.2) is 0 Å². The SMILES string of the molecule is CC(C)CCC(C)(CN)Nc1ccc(Cl)c2cccnc12. The fourth-order valence-electron chi connectivity index (χ4n) is 2.39. The number of hydrogen-bond donors (Lipinski definition) is 2. The number of fused-ring (bicyclic) bond motifs is 1. The largest absolute Gasteiger partial charge is 0.377 e. The normalized spacial score (nSPS) is 14.4. The number of pyridine rings is 1. The Bertz CT molecular complexity index is 612. The van der Waals surface area contributed by atoms with Crippen LogP contribution in [0.25, 0.3) is 10.9 Å². The van der Waals surface area contributed by atoms with E-state index in [4.69, 9.17) is 17.3 Å². The van der Waals surface area contributed by atoms with Gasteiger partial charge in [-0.05, 0) is 49.9 Å². The monoisotopic (exact) mass is 305 g/mol. The van der Waals surface area contributed by atoms with Crippen molar-refractivity contribution in [3.05, 3.63) is 35.5 Å². The molecule has 3 nitrogen and oxygen atoms in total. The second-order valence-corrected chi connectivity index (χ2v) is 6.72. The van der Waals surface area contributed by atoms with Crippen molar-refractivity contribution in [1.29, 1.82) is 0 Å². The van der Waals surface area contributed by atoms with Crippen LogP contribution in [0.2, 0.25) is 5.02 Å². The summed E-state index contributed by atoms with van der Waals surface area (Å²) in [6, 6.07) is 7.79. The van der Waals surface area contributed by atoms with Crippen LogP contribution in [0.15, 0.2) is 30.5 Å². The highest BCUT2D eigenvalue weighted by Gasteiger charge is 2.23. The molecule has 3 N–H and O–H groups in total. The van der Waals surface area contributed by atoms with Crippen molar-refractivity contribution in [2.75, 3.05) is 11.9 Å². The third-order valence-electron chi connectivity index (χ3n) is 3.88. The lowest BCUT2D eigenvalue weighted by Crippen LogP contribution is -2.42. The molecule has 21 heavy (non-hydrogen) atoms. The van der Waals surface area contributed by atoms with Crippen LogP contribution in [-0.4, -0.2) is 17.1 Å². The number of anilines is 1. The van der Waals surface area contributed by atoms with Gasteiger partial charge in [-0.3, -0.25) is 4.98 Å². The predicted molar refractivity (Wildman–Crippen MR) is 91.9 cm³/mol. The summed E-state index contributed by atoms with van der Waals surface area (Å²) in [7, 11) is 0. The summed E-state index contributed by atoms with van der Waals surface area (Å²) in [6.07, 6.45) is 3.95. The smallest absolute Gasteiger partial charge is 0.0948 e. The molecule has 0 aliphatic carbocycles. The molecular formula is C17H24ClN3. The molecule has 0 bridgehead atoms. The zero-order chi connectivity index (χ0) is 15.5. The van der Waals surface area contributed by atoms with Crippen LogP contribution in [0.5, 0.6) is 0 Å². The van der Waals surface area contributed by atoms with Crippen LogP contribution in [0.4, 0.5) is 5.69 Å². The molecule has 2 aromatic rings. The van der Waals surface area contributed by atoms with Crippen molar-refractivity contribution in [1.82, 2.24) is 4.98 Å². The zero-order valence-corrected chi connectivity index (χ0v) is 13.7. The molecule has 1 heterocycles. The maximum absolute atomic E-state index is 6.24. The van der Waals surface area contributed by atoms with Crippen LogP contribution in [0, 0.1) is 5.92 Å².